The number of amides is 1. The number of hydrogen-bond donors (Lipinski definition) is 2. The minimum atomic E-state index is 0.107. The number of hydrogen-bond acceptors (Lipinski definition) is 2. The third-order valence-electron chi connectivity index (χ3n) is 3.13. The summed E-state index contributed by atoms with van der Waals surface area (Å²) in [7, 11) is 0. The molecule has 0 radical (unpaired) electrons. The zero-order valence-corrected chi connectivity index (χ0v) is 13.4. The van der Waals surface area contributed by atoms with Gasteiger partial charge >= 0.3 is 0 Å². The Kier molecular flexibility index (Phi) is 6.21. The maximum absolute atomic E-state index is 11.5. The van der Waals surface area contributed by atoms with Gasteiger partial charge in [-0.3, -0.25) is 4.79 Å². The van der Waals surface area contributed by atoms with Gasteiger partial charge in [-0.2, -0.15) is 0 Å². The fraction of sp³-hybridized carbons (Fsp3) is 0.588. The molecule has 0 spiro atoms. The van der Waals surface area contributed by atoms with Crippen molar-refractivity contribution >= 4 is 5.91 Å². The van der Waals surface area contributed by atoms with Crippen LogP contribution in [0.3, 0.4) is 0 Å². The second kappa shape index (κ2) is 7.44. The molecule has 20 heavy (non-hydrogen) atoms. The Morgan fingerprint density at radius 2 is 1.75 bits per heavy atom. The summed E-state index contributed by atoms with van der Waals surface area (Å²) in [5.41, 5.74) is 2.79. The van der Waals surface area contributed by atoms with E-state index in [0.29, 0.717) is 13.0 Å². The minimum Gasteiger partial charge on any atom is -0.354 e. The average molecular weight is 276 g/mol. The van der Waals surface area contributed by atoms with E-state index in [4.69, 9.17) is 0 Å². The van der Waals surface area contributed by atoms with E-state index in [9.17, 15) is 4.79 Å². The maximum Gasteiger partial charge on any atom is 0.221 e. The molecule has 1 aromatic rings. The number of carbonyl (C=O) groups is 1. The smallest absolute Gasteiger partial charge is 0.221 e. The predicted molar refractivity (Wildman–Crippen MR) is 84.7 cm³/mol. The topological polar surface area (TPSA) is 41.1 Å². The largest absolute Gasteiger partial charge is 0.354 e. The summed E-state index contributed by atoms with van der Waals surface area (Å²) in [6, 6.07) is 8.89. The molecule has 0 aromatic heterocycles. The highest BCUT2D eigenvalue weighted by Crippen LogP contribution is 2.22. The van der Waals surface area contributed by atoms with Crippen LogP contribution in [0.2, 0.25) is 0 Å². The van der Waals surface area contributed by atoms with E-state index >= 15 is 0 Å². The first-order valence-corrected chi connectivity index (χ1v) is 7.38. The first-order valence-electron chi connectivity index (χ1n) is 7.38. The van der Waals surface area contributed by atoms with Crippen LogP contribution >= 0.6 is 0 Å². The Labute approximate surface area is 123 Å². The van der Waals surface area contributed by atoms with Crippen molar-refractivity contribution in [2.75, 3.05) is 6.54 Å². The molecule has 1 aromatic carbocycles. The van der Waals surface area contributed by atoms with E-state index in [2.05, 4.69) is 55.7 Å². The Bertz CT molecular complexity index is 416. The fourth-order valence-corrected chi connectivity index (χ4v) is 1.95. The van der Waals surface area contributed by atoms with Crippen molar-refractivity contribution in [3.63, 3.8) is 0 Å². The Hall–Kier alpha value is -1.35. The Morgan fingerprint density at radius 3 is 2.25 bits per heavy atom. The van der Waals surface area contributed by atoms with Gasteiger partial charge in [0, 0.05) is 25.6 Å². The molecule has 0 aliphatic carbocycles. The van der Waals surface area contributed by atoms with Gasteiger partial charge in [0.1, 0.15) is 0 Å². The molecule has 0 bridgehead atoms. The summed E-state index contributed by atoms with van der Waals surface area (Å²) in [6.45, 7) is 12.1. The molecule has 0 unspecified atom stereocenters. The maximum atomic E-state index is 11.5. The van der Waals surface area contributed by atoms with Crippen molar-refractivity contribution < 1.29 is 4.79 Å². The average Bonchev–Trinajstić information content (AvgIpc) is 2.33. The second-order valence-corrected chi connectivity index (χ2v) is 6.60. The van der Waals surface area contributed by atoms with Gasteiger partial charge in [0.2, 0.25) is 5.91 Å². The van der Waals surface area contributed by atoms with Crippen molar-refractivity contribution in [3.05, 3.63) is 35.4 Å². The van der Waals surface area contributed by atoms with Crippen LogP contribution in [0.5, 0.6) is 0 Å². The number of carbonyl (C=O) groups excluding carboxylic acids is 1. The van der Waals surface area contributed by atoms with Crippen LogP contribution < -0.4 is 10.6 Å². The minimum absolute atomic E-state index is 0.107. The lowest BCUT2D eigenvalue weighted by Crippen LogP contribution is -2.32. The monoisotopic (exact) mass is 276 g/mol. The van der Waals surface area contributed by atoms with E-state index in [1.807, 2.05) is 13.8 Å². The quantitative estimate of drug-likeness (QED) is 0.784. The summed E-state index contributed by atoms with van der Waals surface area (Å²) in [5, 5.41) is 6.19. The van der Waals surface area contributed by atoms with Gasteiger partial charge < -0.3 is 10.6 Å². The van der Waals surface area contributed by atoms with Gasteiger partial charge in [-0.25, -0.2) is 0 Å². The van der Waals surface area contributed by atoms with Crippen LogP contribution in [0.4, 0.5) is 0 Å². The second-order valence-electron chi connectivity index (χ2n) is 6.60. The highest BCUT2D eigenvalue weighted by atomic mass is 16.1. The molecule has 112 valence electrons. The standard InChI is InChI=1S/C17H28N2O/c1-13(2)19-16(20)10-11-18-12-14-6-8-15(9-7-14)17(3,4)5/h6-9,13,18H,10-12H2,1-5H3,(H,19,20). The van der Waals surface area contributed by atoms with E-state index < -0.39 is 0 Å². The highest BCUT2D eigenvalue weighted by molar-refractivity contribution is 5.76. The Morgan fingerprint density at radius 1 is 1.15 bits per heavy atom. The lowest BCUT2D eigenvalue weighted by Gasteiger charge is -2.19. The van der Waals surface area contributed by atoms with Crippen molar-refractivity contribution in [2.24, 2.45) is 0 Å². The Balaban J connectivity index is 2.31. The molecule has 3 heteroatoms. The summed E-state index contributed by atoms with van der Waals surface area (Å²) in [5.74, 6) is 0.107. The van der Waals surface area contributed by atoms with Gasteiger partial charge in [0.05, 0.1) is 0 Å². The molecule has 0 saturated heterocycles. The van der Waals surface area contributed by atoms with Gasteiger partial charge in [0.15, 0.2) is 0 Å². The van der Waals surface area contributed by atoms with Crippen LogP contribution in [-0.2, 0) is 16.8 Å². The molecular weight excluding hydrogens is 248 g/mol. The van der Waals surface area contributed by atoms with Crippen LogP contribution in [-0.4, -0.2) is 18.5 Å². The fourth-order valence-electron chi connectivity index (χ4n) is 1.95. The van der Waals surface area contributed by atoms with Crippen molar-refractivity contribution in [1.29, 1.82) is 0 Å². The van der Waals surface area contributed by atoms with Crippen molar-refractivity contribution in [3.8, 4) is 0 Å². The number of nitrogens with one attached hydrogen (secondary N) is 2. The molecule has 2 N–H and O–H groups in total. The molecule has 0 aliphatic rings. The van der Waals surface area contributed by atoms with Gasteiger partial charge in [0.25, 0.3) is 0 Å². The van der Waals surface area contributed by atoms with Gasteiger partial charge in [-0.1, -0.05) is 45.0 Å². The molecule has 0 fully saturated rings. The predicted octanol–water partition coefficient (Wildman–Crippen LogP) is 2.99. The van der Waals surface area contributed by atoms with E-state index in [1.165, 1.54) is 11.1 Å². The third-order valence-corrected chi connectivity index (χ3v) is 3.13. The number of rotatable bonds is 6. The van der Waals surface area contributed by atoms with E-state index in [0.717, 1.165) is 6.54 Å². The molecule has 0 heterocycles. The van der Waals surface area contributed by atoms with E-state index in [-0.39, 0.29) is 17.4 Å². The molecule has 0 atom stereocenters. The summed E-state index contributed by atoms with van der Waals surface area (Å²) < 4.78 is 0. The van der Waals surface area contributed by atoms with Crippen LogP contribution in [0.15, 0.2) is 24.3 Å². The molecule has 1 rings (SSSR count). The first kappa shape index (κ1) is 16.7. The molecule has 1 amide bonds. The van der Waals surface area contributed by atoms with Crippen LogP contribution in [0, 0.1) is 0 Å². The van der Waals surface area contributed by atoms with Gasteiger partial charge in [-0.15, -0.1) is 0 Å². The van der Waals surface area contributed by atoms with Crippen molar-refractivity contribution in [2.45, 2.75) is 59.0 Å². The van der Waals surface area contributed by atoms with E-state index in [1.54, 1.807) is 0 Å². The summed E-state index contributed by atoms with van der Waals surface area (Å²) in [6.07, 6.45) is 0.526. The lowest BCUT2D eigenvalue weighted by atomic mass is 9.87. The summed E-state index contributed by atoms with van der Waals surface area (Å²) >= 11 is 0. The SMILES string of the molecule is CC(C)NC(=O)CCNCc1ccc(C(C)(C)C)cc1. The normalized spacial score (nSPS) is 11.7. The zero-order chi connectivity index (χ0) is 15.2. The van der Waals surface area contributed by atoms with Crippen LogP contribution in [0.1, 0.15) is 52.2 Å². The molecule has 3 nitrogen and oxygen atoms in total. The molecule has 0 aliphatic heterocycles. The van der Waals surface area contributed by atoms with Crippen LogP contribution in [0.25, 0.3) is 0 Å². The number of benzene rings is 1. The van der Waals surface area contributed by atoms with Gasteiger partial charge in [-0.05, 0) is 30.4 Å². The highest BCUT2D eigenvalue weighted by Gasteiger charge is 2.12. The zero-order valence-electron chi connectivity index (χ0n) is 13.4. The molecular formula is C17H28N2O. The third kappa shape index (κ3) is 6.20. The molecule has 0 saturated carbocycles. The first-order chi connectivity index (χ1) is 9.29. The lowest BCUT2D eigenvalue weighted by molar-refractivity contribution is -0.121. The van der Waals surface area contributed by atoms with Crippen molar-refractivity contribution in [1.82, 2.24) is 10.6 Å². The summed E-state index contributed by atoms with van der Waals surface area (Å²) in [4.78, 5) is 11.5.